The van der Waals surface area contributed by atoms with Gasteiger partial charge >= 0.3 is 0 Å². The predicted molar refractivity (Wildman–Crippen MR) is 109 cm³/mol. The number of ketones is 1. The van der Waals surface area contributed by atoms with E-state index in [0.717, 1.165) is 22.4 Å². The molecule has 28 heavy (non-hydrogen) atoms. The minimum atomic E-state index is -0.501. The molecule has 0 spiro atoms. The number of allylic oxidation sites excluding steroid dienone is 1. The fraction of sp³-hybridized carbons (Fsp3) is 0.0435. The van der Waals surface area contributed by atoms with E-state index >= 15 is 0 Å². The second-order valence-electron chi connectivity index (χ2n) is 6.45. The Morgan fingerprint density at radius 1 is 0.929 bits per heavy atom. The maximum atomic E-state index is 12.7. The fourth-order valence-corrected chi connectivity index (χ4v) is 3.18. The molecule has 1 aliphatic heterocycles. The van der Waals surface area contributed by atoms with Gasteiger partial charge in [0.05, 0.1) is 17.2 Å². The van der Waals surface area contributed by atoms with E-state index in [0.29, 0.717) is 17.7 Å². The van der Waals surface area contributed by atoms with Gasteiger partial charge in [-0.25, -0.2) is 0 Å². The lowest BCUT2D eigenvalue weighted by molar-refractivity contribution is -0.384. The molecule has 0 amide bonds. The first-order valence-electron chi connectivity index (χ1n) is 8.82. The Balaban J connectivity index is 1.57. The number of hydrogen-bond acceptors (Lipinski definition) is 4. The van der Waals surface area contributed by atoms with Crippen LogP contribution in [-0.4, -0.2) is 16.4 Å². The lowest BCUT2D eigenvalue weighted by atomic mass is 9.97. The lowest BCUT2D eigenvalue weighted by Crippen LogP contribution is -2.04. The fourth-order valence-electron chi connectivity index (χ4n) is 3.18. The molecule has 0 N–H and O–H groups in total. The van der Waals surface area contributed by atoms with E-state index < -0.39 is 4.92 Å². The Bertz CT molecular complexity index is 1130. The van der Waals surface area contributed by atoms with Crippen molar-refractivity contribution >= 4 is 23.3 Å². The van der Waals surface area contributed by atoms with Crippen molar-refractivity contribution in [1.82, 2.24) is 0 Å². The van der Waals surface area contributed by atoms with Crippen LogP contribution in [0.15, 0.2) is 83.9 Å². The van der Waals surface area contributed by atoms with Gasteiger partial charge in [0, 0.05) is 28.8 Å². The van der Waals surface area contributed by atoms with E-state index in [4.69, 9.17) is 0 Å². The van der Waals surface area contributed by atoms with Crippen molar-refractivity contribution < 1.29 is 9.72 Å². The van der Waals surface area contributed by atoms with E-state index in [1.54, 1.807) is 12.1 Å². The summed E-state index contributed by atoms with van der Waals surface area (Å²) < 4.78 is 0. The van der Waals surface area contributed by atoms with Crippen molar-refractivity contribution in [2.24, 2.45) is 4.99 Å². The summed E-state index contributed by atoms with van der Waals surface area (Å²) in [5.41, 5.74) is 4.67. The zero-order chi connectivity index (χ0) is 19.5. The average Bonchev–Trinajstić information content (AvgIpc) is 3.14. The molecule has 0 saturated heterocycles. The van der Waals surface area contributed by atoms with E-state index in [1.807, 2.05) is 54.6 Å². The van der Waals surface area contributed by atoms with Gasteiger partial charge in [0.2, 0.25) is 0 Å². The van der Waals surface area contributed by atoms with Crippen molar-refractivity contribution in [3.05, 3.63) is 117 Å². The van der Waals surface area contributed by atoms with Crippen molar-refractivity contribution in [1.29, 1.82) is 0 Å². The molecule has 0 fully saturated rings. The Morgan fingerprint density at radius 3 is 2.50 bits per heavy atom. The monoisotopic (exact) mass is 368 g/mol. The number of fused-ring (bicyclic) bond motifs is 1. The number of nitro groups is 1. The Labute approximate surface area is 161 Å². The summed E-state index contributed by atoms with van der Waals surface area (Å²) in [6.45, 7) is 0.514. The smallest absolute Gasteiger partial charge is 0.270 e. The van der Waals surface area contributed by atoms with Crippen LogP contribution in [0.25, 0.3) is 6.08 Å². The molecular weight excluding hydrogens is 352 g/mol. The van der Waals surface area contributed by atoms with Gasteiger partial charge in [-0.15, -0.1) is 0 Å². The van der Waals surface area contributed by atoms with Crippen LogP contribution in [0.3, 0.4) is 0 Å². The van der Waals surface area contributed by atoms with Gasteiger partial charge in [-0.2, -0.15) is 0 Å². The molecule has 0 aliphatic carbocycles. The highest BCUT2D eigenvalue weighted by Crippen LogP contribution is 2.24. The van der Waals surface area contributed by atoms with Crippen molar-refractivity contribution in [2.45, 2.75) is 6.54 Å². The summed E-state index contributed by atoms with van der Waals surface area (Å²) in [4.78, 5) is 27.7. The van der Waals surface area contributed by atoms with E-state index in [1.165, 1.54) is 18.2 Å². The summed E-state index contributed by atoms with van der Waals surface area (Å²) in [5.74, 6) is -0.236. The zero-order valence-electron chi connectivity index (χ0n) is 14.9. The van der Waals surface area contributed by atoms with Crippen LogP contribution in [0, 0.1) is 10.1 Å². The molecule has 0 bridgehead atoms. The minimum absolute atomic E-state index is 0.0938. The highest BCUT2D eigenvalue weighted by atomic mass is 16.6. The molecule has 0 atom stereocenters. The lowest BCUT2D eigenvalue weighted by Gasteiger charge is -2.05. The molecule has 5 nitrogen and oxygen atoms in total. The highest BCUT2D eigenvalue weighted by Gasteiger charge is 2.18. The summed E-state index contributed by atoms with van der Waals surface area (Å²) in [5, 5.41) is 10.9. The van der Waals surface area contributed by atoms with Crippen LogP contribution in [0.2, 0.25) is 0 Å². The molecule has 3 aromatic rings. The largest absolute Gasteiger partial charge is 0.289 e. The first-order valence-corrected chi connectivity index (χ1v) is 8.82. The molecule has 4 rings (SSSR count). The number of hydrogen-bond donors (Lipinski definition) is 0. The molecule has 0 radical (unpaired) electrons. The second kappa shape index (κ2) is 7.40. The van der Waals surface area contributed by atoms with Crippen molar-refractivity contribution in [3.8, 4) is 0 Å². The van der Waals surface area contributed by atoms with E-state index in [2.05, 4.69) is 4.99 Å². The van der Waals surface area contributed by atoms with Gasteiger partial charge in [0.1, 0.15) is 0 Å². The summed E-state index contributed by atoms with van der Waals surface area (Å²) in [6.07, 6.45) is 3.99. The number of benzene rings is 3. The molecule has 5 heteroatoms. The van der Waals surface area contributed by atoms with E-state index in [9.17, 15) is 14.9 Å². The minimum Gasteiger partial charge on any atom is -0.289 e. The first kappa shape index (κ1) is 17.5. The maximum absolute atomic E-state index is 12.7. The number of nitrogens with zero attached hydrogens (tertiary/aromatic N) is 2. The first-order chi connectivity index (χ1) is 13.6. The van der Waals surface area contributed by atoms with Crippen LogP contribution in [-0.2, 0) is 6.54 Å². The van der Waals surface area contributed by atoms with Gasteiger partial charge in [-0.1, -0.05) is 60.7 Å². The summed E-state index contributed by atoms with van der Waals surface area (Å²) >= 11 is 0. The van der Waals surface area contributed by atoms with Crippen molar-refractivity contribution in [2.75, 3.05) is 0 Å². The average molecular weight is 368 g/mol. The topological polar surface area (TPSA) is 72.6 Å². The highest BCUT2D eigenvalue weighted by molar-refractivity contribution is 6.14. The normalized spacial score (nSPS) is 12.6. The van der Waals surface area contributed by atoms with Gasteiger partial charge in [-0.05, 0) is 23.3 Å². The van der Waals surface area contributed by atoms with E-state index in [-0.39, 0.29) is 11.5 Å². The third kappa shape index (κ3) is 3.50. The van der Waals surface area contributed by atoms with Crippen LogP contribution < -0.4 is 0 Å². The Morgan fingerprint density at radius 2 is 1.71 bits per heavy atom. The number of rotatable bonds is 5. The molecular formula is C23H16N2O3. The van der Waals surface area contributed by atoms with Crippen LogP contribution in [0.1, 0.15) is 32.6 Å². The standard InChI is InChI=1S/C23H16N2O3/c26-23(17-7-4-8-20(14-17)25(27)28)18-10-11-21-19(13-18)15-24-22(21)12-9-16-5-2-1-3-6-16/h1-14H,15H2/b12-9+. The number of carbonyl (C=O) groups excluding carboxylic acids is 1. The molecule has 0 saturated carbocycles. The third-order valence-electron chi connectivity index (χ3n) is 4.62. The molecule has 1 heterocycles. The quantitative estimate of drug-likeness (QED) is 0.367. The van der Waals surface area contributed by atoms with Gasteiger partial charge < -0.3 is 0 Å². The van der Waals surface area contributed by atoms with Crippen LogP contribution >= 0.6 is 0 Å². The van der Waals surface area contributed by atoms with Crippen molar-refractivity contribution in [3.63, 3.8) is 0 Å². The molecule has 0 unspecified atom stereocenters. The SMILES string of the molecule is O=C(c1cccc([N+](=O)[O-])c1)c1ccc2c(c1)CN=C2/C=C/c1ccccc1. The Kier molecular flexibility index (Phi) is 4.64. The molecule has 136 valence electrons. The second-order valence-corrected chi connectivity index (χ2v) is 6.45. The van der Waals surface area contributed by atoms with Crippen LogP contribution in [0.5, 0.6) is 0 Å². The number of non-ortho nitro benzene ring substituents is 1. The third-order valence-corrected chi connectivity index (χ3v) is 4.62. The number of nitro benzene ring substituents is 1. The predicted octanol–water partition coefficient (Wildman–Crippen LogP) is 4.84. The Hall–Kier alpha value is -3.86. The van der Waals surface area contributed by atoms with Crippen LogP contribution in [0.4, 0.5) is 5.69 Å². The molecule has 1 aliphatic rings. The molecule has 3 aromatic carbocycles. The zero-order valence-corrected chi connectivity index (χ0v) is 14.9. The number of aliphatic imine (C=N–C) groups is 1. The summed E-state index contributed by atoms with van der Waals surface area (Å²) in [7, 11) is 0. The summed E-state index contributed by atoms with van der Waals surface area (Å²) in [6, 6.07) is 21.2. The van der Waals surface area contributed by atoms with Gasteiger partial charge in [0.25, 0.3) is 5.69 Å². The van der Waals surface area contributed by atoms with Gasteiger partial charge in [0.15, 0.2) is 5.78 Å². The molecule has 0 aromatic heterocycles. The number of carbonyl (C=O) groups is 1. The maximum Gasteiger partial charge on any atom is 0.270 e. The van der Waals surface area contributed by atoms with Gasteiger partial charge in [-0.3, -0.25) is 19.9 Å².